The molecule has 1 rings (SSSR count). The zero-order valence-electron chi connectivity index (χ0n) is 11.4. The van der Waals surface area contributed by atoms with Crippen LogP contribution in [0.3, 0.4) is 0 Å². The van der Waals surface area contributed by atoms with Gasteiger partial charge in [0.15, 0.2) is 0 Å². The minimum Gasteiger partial charge on any atom is -0.508 e. The smallest absolute Gasteiger partial charge is 0.119 e. The van der Waals surface area contributed by atoms with Crippen molar-refractivity contribution in [3.63, 3.8) is 0 Å². The summed E-state index contributed by atoms with van der Waals surface area (Å²) in [5.41, 5.74) is 3.40. The highest BCUT2D eigenvalue weighted by atomic mass is 16.3. The van der Waals surface area contributed by atoms with Crippen LogP contribution in [0.4, 0.5) is 0 Å². The number of phenolic OH excluding ortho intramolecular Hbond substituents is 2. The van der Waals surface area contributed by atoms with Crippen LogP contribution in [0, 0.1) is 0 Å². The standard InChI is InChI=1S/C16H22O2/c1-12(2)5-4-6-13(3)7-8-14-11-15(17)9-10-16(14)18/h5,7,9-11,17-18H,4,6,8H2,1-3H3/b13-7-. The molecule has 0 aromatic heterocycles. The quantitative estimate of drug-likeness (QED) is 0.599. The minimum atomic E-state index is 0.193. The van der Waals surface area contributed by atoms with Gasteiger partial charge in [-0.15, -0.1) is 0 Å². The highest BCUT2D eigenvalue weighted by Crippen LogP contribution is 2.23. The molecule has 1 aromatic carbocycles. The molecule has 0 aliphatic carbocycles. The van der Waals surface area contributed by atoms with Crippen molar-refractivity contribution in [1.82, 2.24) is 0 Å². The van der Waals surface area contributed by atoms with Gasteiger partial charge in [0.25, 0.3) is 0 Å². The van der Waals surface area contributed by atoms with Crippen LogP contribution >= 0.6 is 0 Å². The highest BCUT2D eigenvalue weighted by Gasteiger charge is 2.00. The molecule has 18 heavy (non-hydrogen) atoms. The summed E-state index contributed by atoms with van der Waals surface area (Å²) in [6.07, 6.45) is 7.07. The van der Waals surface area contributed by atoms with Gasteiger partial charge in [0.2, 0.25) is 0 Å². The first kappa shape index (κ1) is 14.4. The highest BCUT2D eigenvalue weighted by molar-refractivity contribution is 5.39. The van der Waals surface area contributed by atoms with Crippen molar-refractivity contribution < 1.29 is 10.2 Å². The van der Waals surface area contributed by atoms with Crippen LogP contribution in [0.25, 0.3) is 0 Å². The lowest BCUT2D eigenvalue weighted by atomic mass is 10.1. The number of phenols is 2. The van der Waals surface area contributed by atoms with Gasteiger partial charge in [-0.3, -0.25) is 0 Å². The first-order chi connectivity index (χ1) is 8.49. The van der Waals surface area contributed by atoms with E-state index in [-0.39, 0.29) is 11.5 Å². The molecule has 0 aliphatic heterocycles. The van der Waals surface area contributed by atoms with Crippen molar-refractivity contribution in [2.75, 3.05) is 0 Å². The average molecular weight is 246 g/mol. The number of aromatic hydroxyl groups is 2. The van der Waals surface area contributed by atoms with E-state index in [0.717, 1.165) is 18.4 Å². The zero-order valence-corrected chi connectivity index (χ0v) is 11.4. The number of rotatable bonds is 5. The summed E-state index contributed by atoms with van der Waals surface area (Å²) in [7, 11) is 0. The molecule has 0 heterocycles. The topological polar surface area (TPSA) is 40.5 Å². The fraction of sp³-hybridized carbons (Fsp3) is 0.375. The van der Waals surface area contributed by atoms with Crippen molar-refractivity contribution in [2.45, 2.75) is 40.0 Å². The third-order valence-corrected chi connectivity index (χ3v) is 2.82. The van der Waals surface area contributed by atoms with E-state index < -0.39 is 0 Å². The second-order valence-electron chi connectivity index (χ2n) is 4.89. The number of allylic oxidation sites excluding steroid dienone is 4. The van der Waals surface area contributed by atoms with Crippen LogP contribution in [-0.4, -0.2) is 10.2 Å². The second kappa shape index (κ2) is 6.90. The van der Waals surface area contributed by atoms with E-state index in [2.05, 4.69) is 32.9 Å². The Hall–Kier alpha value is -1.70. The first-order valence-electron chi connectivity index (χ1n) is 6.29. The van der Waals surface area contributed by atoms with Crippen LogP contribution in [0.5, 0.6) is 11.5 Å². The van der Waals surface area contributed by atoms with E-state index in [4.69, 9.17) is 0 Å². The molecule has 0 atom stereocenters. The Bertz CT molecular complexity index is 452. The zero-order chi connectivity index (χ0) is 13.5. The molecule has 0 saturated heterocycles. The SMILES string of the molecule is CC(C)=CCC/C(C)=C\Cc1cc(O)ccc1O. The van der Waals surface area contributed by atoms with E-state index >= 15 is 0 Å². The van der Waals surface area contributed by atoms with Gasteiger partial charge in [-0.25, -0.2) is 0 Å². The summed E-state index contributed by atoms with van der Waals surface area (Å²) in [4.78, 5) is 0. The second-order valence-corrected chi connectivity index (χ2v) is 4.89. The van der Waals surface area contributed by atoms with Crippen LogP contribution in [0.1, 0.15) is 39.2 Å². The average Bonchev–Trinajstić information content (AvgIpc) is 2.30. The van der Waals surface area contributed by atoms with Gasteiger partial charge in [0.05, 0.1) is 0 Å². The molecular weight excluding hydrogens is 224 g/mol. The normalized spacial score (nSPS) is 11.4. The van der Waals surface area contributed by atoms with E-state index in [1.165, 1.54) is 23.3 Å². The van der Waals surface area contributed by atoms with Crippen LogP contribution in [0.2, 0.25) is 0 Å². The molecule has 0 unspecified atom stereocenters. The predicted molar refractivity (Wildman–Crippen MR) is 75.9 cm³/mol. The number of hydrogen-bond acceptors (Lipinski definition) is 2. The van der Waals surface area contributed by atoms with Crippen molar-refractivity contribution >= 4 is 0 Å². The molecule has 0 amide bonds. The lowest BCUT2D eigenvalue weighted by Gasteiger charge is -2.04. The van der Waals surface area contributed by atoms with Gasteiger partial charge >= 0.3 is 0 Å². The van der Waals surface area contributed by atoms with E-state index in [9.17, 15) is 10.2 Å². The predicted octanol–water partition coefficient (Wildman–Crippen LogP) is 4.33. The molecule has 0 aliphatic rings. The summed E-state index contributed by atoms with van der Waals surface area (Å²) in [6, 6.07) is 4.62. The van der Waals surface area contributed by atoms with Gasteiger partial charge in [-0.05, 0) is 58.2 Å². The molecular formula is C16H22O2. The fourth-order valence-electron chi connectivity index (χ4n) is 1.71. The largest absolute Gasteiger partial charge is 0.508 e. The van der Waals surface area contributed by atoms with Crippen molar-refractivity contribution in [3.05, 3.63) is 47.1 Å². The first-order valence-corrected chi connectivity index (χ1v) is 6.29. The Morgan fingerprint density at radius 2 is 1.83 bits per heavy atom. The maximum absolute atomic E-state index is 9.65. The molecule has 0 spiro atoms. The van der Waals surface area contributed by atoms with Crippen LogP contribution < -0.4 is 0 Å². The van der Waals surface area contributed by atoms with Crippen molar-refractivity contribution in [2.24, 2.45) is 0 Å². The summed E-state index contributed by atoms with van der Waals surface area (Å²) >= 11 is 0. The molecule has 98 valence electrons. The molecule has 0 bridgehead atoms. The summed E-state index contributed by atoms with van der Waals surface area (Å²) in [5, 5.41) is 19.0. The lowest BCUT2D eigenvalue weighted by molar-refractivity contribution is 0.455. The summed E-state index contributed by atoms with van der Waals surface area (Å²) < 4.78 is 0. The molecule has 2 N–H and O–H groups in total. The number of hydrogen-bond donors (Lipinski definition) is 2. The van der Waals surface area contributed by atoms with Crippen LogP contribution in [-0.2, 0) is 6.42 Å². The van der Waals surface area contributed by atoms with Crippen molar-refractivity contribution in [3.8, 4) is 11.5 Å². The van der Waals surface area contributed by atoms with Gasteiger partial charge in [-0.2, -0.15) is 0 Å². The third-order valence-electron chi connectivity index (χ3n) is 2.82. The molecule has 0 radical (unpaired) electrons. The summed E-state index contributed by atoms with van der Waals surface area (Å²) in [5.74, 6) is 0.430. The van der Waals surface area contributed by atoms with Gasteiger partial charge in [0.1, 0.15) is 11.5 Å². The maximum atomic E-state index is 9.65. The molecule has 0 fully saturated rings. The van der Waals surface area contributed by atoms with E-state index in [1.54, 1.807) is 6.07 Å². The Balaban J connectivity index is 2.57. The third kappa shape index (κ3) is 5.09. The van der Waals surface area contributed by atoms with E-state index in [1.807, 2.05) is 0 Å². The van der Waals surface area contributed by atoms with Crippen molar-refractivity contribution in [1.29, 1.82) is 0 Å². The van der Waals surface area contributed by atoms with Gasteiger partial charge in [0, 0.05) is 5.56 Å². The molecule has 2 heteroatoms. The summed E-state index contributed by atoms with van der Waals surface area (Å²) in [6.45, 7) is 6.30. The lowest BCUT2D eigenvalue weighted by Crippen LogP contribution is -1.85. The molecule has 2 nitrogen and oxygen atoms in total. The fourth-order valence-corrected chi connectivity index (χ4v) is 1.71. The maximum Gasteiger partial charge on any atom is 0.119 e. The van der Waals surface area contributed by atoms with Gasteiger partial charge in [-0.1, -0.05) is 23.3 Å². The number of benzene rings is 1. The Morgan fingerprint density at radius 3 is 2.50 bits per heavy atom. The van der Waals surface area contributed by atoms with Gasteiger partial charge < -0.3 is 10.2 Å². The Morgan fingerprint density at radius 1 is 1.11 bits per heavy atom. The molecule has 1 aromatic rings. The monoisotopic (exact) mass is 246 g/mol. The Kier molecular flexibility index (Phi) is 5.50. The Labute approximate surface area is 109 Å². The minimum absolute atomic E-state index is 0.193. The molecule has 0 saturated carbocycles. The van der Waals surface area contributed by atoms with E-state index in [0.29, 0.717) is 6.42 Å². The van der Waals surface area contributed by atoms with Crippen LogP contribution in [0.15, 0.2) is 41.5 Å².